The zero-order valence-electron chi connectivity index (χ0n) is 13.7. The van der Waals surface area contributed by atoms with Crippen molar-refractivity contribution >= 4 is 11.9 Å². The SMILES string of the molecule is CC(NC(=O)CC(C)(C)CC(=O)O)c1ccc2c(c1)OCCO2. The number of ether oxygens (including phenoxy) is 2. The highest BCUT2D eigenvalue weighted by molar-refractivity contribution is 5.78. The van der Waals surface area contributed by atoms with E-state index in [0.717, 1.165) is 5.56 Å². The van der Waals surface area contributed by atoms with E-state index in [1.54, 1.807) is 13.8 Å². The number of fused-ring (bicyclic) bond motifs is 1. The maximum absolute atomic E-state index is 12.2. The molecule has 0 aromatic heterocycles. The molecule has 2 N–H and O–H groups in total. The lowest BCUT2D eigenvalue weighted by Crippen LogP contribution is -2.32. The van der Waals surface area contributed by atoms with Gasteiger partial charge >= 0.3 is 5.97 Å². The highest BCUT2D eigenvalue weighted by Crippen LogP contribution is 2.33. The molecule has 1 unspecified atom stereocenters. The van der Waals surface area contributed by atoms with Gasteiger partial charge in [0.25, 0.3) is 0 Å². The van der Waals surface area contributed by atoms with Crippen molar-refractivity contribution in [2.45, 2.75) is 39.7 Å². The Balaban J connectivity index is 1.97. The van der Waals surface area contributed by atoms with E-state index in [2.05, 4.69) is 5.32 Å². The van der Waals surface area contributed by atoms with Gasteiger partial charge < -0.3 is 19.9 Å². The minimum atomic E-state index is -0.900. The Hall–Kier alpha value is -2.24. The van der Waals surface area contributed by atoms with E-state index in [0.29, 0.717) is 24.7 Å². The van der Waals surface area contributed by atoms with E-state index >= 15 is 0 Å². The van der Waals surface area contributed by atoms with Crippen molar-refractivity contribution in [1.29, 1.82) is 0 Å². The van der Waals surface area contributed by atoms with Crippen molar-refractivity contribution in [1.82, 2.24) is 5.32 Å². The first kappa shape index (κ1) is 17.1. The summed E-state index contributed by atoms with van der Waals surface area (Å²) in [4.78, 5) is 23.0. The quantitative estimate of drug-likeness (QED) is 0.841. The molecule has 1 aromatic rings. The maximum atomic E-state index is 12.2. The lowest BCUT2D eigenvalue weighted by atomic mass is 9.85. The molecule has 1 atom stereocenters. The lowest BCUT2D eigenvalue weighted by Gasteiger charge is -2.24. The number of carbonyl (C=O) groups excluding carboxylic acids is 1. The van der Waals surface area contributed by atoms with Gasteiger partial charge in [0.15, 0.2) is 11.5 Å². The van der Waals surface area contributed by atoms with Crippen LogP contribution in [0.15, 0.2) is 18.2 Å². The van der Waals surface area contributed by atoms with Gasteiger partial charge in [0.05, 0.1) is 12.5 Å². The Morgan fingerprint density at radius 1 is 1.22 bits per heavy atom. The second kappa shape index (κ2) is 6.89. The van der Waals surface area contributed by atoms with Crippen LogP contribution in [0.3, 0.4) is 0 Å². The van der Waals surface area contributed by atoms with Crippen LogP contribution in [0.1, 0.15) is 45.2 Å². The van der Waals surface area contributed by atoms with Crippen molar-refractivity contribution < 1.29 is 24.2 Å². The second-order valence-electron chi connectivity index (χ2n) is 6.60. The summed E-state index contributed by atoms with van der Waals surface area (Å²) < 4.78 is 11.0. The molecule has 0 spiro atoms. The fourth-order valence-corrected chi connectivity index (χ4v) is 2.61. The molecule has 0 saturated heterocycles. The summed E-state index contributed by atoms with van der Waals surface area (Å²) in [5.74, 6) is 0.323. The highest BCUT2D eigenvalue weighted by atomic mass is 16.6. The fraction of sp³-hybridized carbons (Fsp3) is 0.529. The minimum absolute atomic E-state index is 0.0428. The monoisotopic (exact) mass is 321 g/mol. The van der Waals surface area contributed by atoms with Crippen molar-refractivity contribution in [3.8, 4) is 11.5 Å². The van der Waals surface area contributed by atoms with E-state index in [-0.39, 0.29) is 24.8 Å². The normalized spacial score (nSPS) is 14.9. The molecule has 0 radical (unpaired) electrons. The van der Waals surface area contributed by atoms with Crippen LogP contribution in [0, 0.1) is 5.41 Å². The van der Waals surface area contributed by atoms with Gasteiger partial charge in [-0.1, -0.05) is 19.9 Å². The van der Waals surface area contributed by atoms with Gasteiger partial charge in [-0.15, -0.1) is 0 Å². The van der Waals surface area contributed by atoms with Gasteiger partial charge in [0, 0.05) is 6.42 Å². The molecule has 23 heavy (non-hydrogen) atoms. The number of rotatable bonds is 6. The summed E-state index contributed by atoms with van der Waals surface area (Å²) in [7, 11) is 0. The Labute approximate surface area is 135 Å². The van der Waals surface area contributed by atoms with Crippen LogP contribution in [0.4, 0.5) is 0 Å². The van der Waals surface area contributed by atoms with Gasteiger partial charge in [-0.3, -0.25) is 9.59 Å². The summed E-state index contributed by atoms with van der Waals surface area (Å²) in [5, 5.41) is 11.8. The van der Waals surface area contributed by atoms with Crippen LogP contribution in [0.5, 0.6) is 11.5 Å². The summed E-state index contributed by atoms with van der Waals surface area (Å²) in [6.45, 7) is 6.48. The molecule has 1 aliphatic heterocycles. The number of nitrogens with one attached hydrogen (secondary N) is 1. The molecule has 2 rings (SSSR count). The summed E-state index contributed by atoms with van der Waals surface area (Å²) in [6.07, 6.45) is 0.118. The first-order valence-electron chi connectivity index (χ1n) is 7.67. The van der Waals surface area contributed by atoms with Crippen LogP contribution in [0.2, 0.25) is 0 Å². The second-order valence-corrected chi connectivity index (χ2v) is 6.60. The predicted molar refractivity (Wildman–Crippen MR) is 84.6 cm³/mol. The van der Waals surface area contributed by atoms with Crippen molar-refractivity contribution in [2.75, 3.05) is 13.2 Å². The predicted octanol–water partition coefficient (Wildman–Crippen LogP) is 2.53. The fourth-order valence-electron chi connectivity index (χ4n) is 2.61. The zero-order chi connectivity index (χ0) is 17.0. The Morgan fingerprint density at radius 3 is 2.52 bits per heavy atom. The number of hydrogen-bond donors (Lipinski definition) is 2. The summed E-state index contributed by atoms with van der Waals surface area (Å²) in [5.41, 5.74) is 0.334. The highest BCUT2D eigenvalue weighted by Gasteiger charge is 2.26. The molecule has 6 heteroatoms. The van der Waals surface area contributed by atoms with Crippen LogP contribution >= 0.6 is 0 Å². The number of carboxylic acids is 1. The van der Waals surface area contributed by atoms with E-state index in [1.165, 1.54) is 0 Å². The number of amides is 1. The molecule has 0 bridgehead atoms. The molecular weight excluding hydrogens is 298 g/mol. The van der Waals surface area contributed by atoms with Gasteiger partial charge in [-0.25, -0.2) is 0 Å². The van der Waals surface area contributed by atoms with Gasteiger partial charge in [-0.05, 0) is 30.0 Å². The number of hydrogen-bond acceptors (Lipinski definition) is 4. The number of carboxylic acid groups (broad SMARTS) is 1. The molecule has 6 nitrogen and oxygen atoms in total. The average Bonchev–Trinajstić information content (AvgIpc) is 2.44. The summed E-state index contributed by atoms with van der Waals surface area (Å²) in [6, 6.07) is 5.39. The summed E-state index contributed by atoms with van der Waals surface area (Å²) >= 11 is 0. The molecule has 1 heterocycles. The molecule has 0 fully saturated rings. The molecule has 0 saturated carbocycles. The first-order chi connectivity index (χ1) is 10.8. The van der Waals surface area contributed by atoms with Crippen molar-refractivity contribution in [3.63, 3.8) is 0 Å². The van der Waals surface area contributed by atoms with E-state index in [4.69, 9.17) is 14.6 Å². The third-order valence-corrected chi connectivity index (χ3v) is 3.71. The number of carbonyl (C=O) groups is 2. The lowest BCUT2D eigenvalue weighted by molar-refractivity contribution is -0.139. The van der Waals surface area contributed by atoms with Crippen molar-refractivity contribution in [3.05, 3.63) is 23.8 Å². The Morgan fingerprint density at radius 2 is 1.87 bits per heavy atom. The van der Waals surface area contributed by atoms with E-state index < -0.39 is 11.4 Å². The third kappa shape index (κ3) is 4.87. The van der Waals surface area contributed by atoms with Gasteiger partial charge in [-0.2, -0.15) is 0 Å². The molecule has 1 amide bonds. The number of benzene rings is 1. The zero-order valence-corrected chi connectivity index (χ0v) is 13.7. The third-order valence-electron chi connectivity index (χ3n) is 3.71. The van der Waals surface area contributed by atoms with E-state index in [1.807, 2.05) is 25.1 Å². The van der Waals surface area contributed by atoms with Crippen LogP contribution in [0.25, 0.3) is 0 Å². The number of aliphatic carboxylic acids is 1. The van der Waals surface area contributed by atoms with Crippen LogP contribution < -0.4 is 14.8 Å². The minimum Gasteiger partial charge on any atom is -0.486 e. The largest absolute Gasteiger partial charge is 0.486 e. The van der Waals surface area contributed by atoms with Crippen molar-refractivity contribution in [2.24, 2.45) is 5.41 Å². The van der Waals surface area contributed by atoms with Crippen LogP contribution in [-0.4, -0.2) is 30.2 Å². The molecule has 126 valence electrons. The first-order valence-corrected chi connectivity index (χ1v) is 7.67. The molecule has 0 aliphatic carbocycles. The van der Waals surface area contributed by atoms with E-state index in [9.17, 15) is 9.59 Å². The smallest absolute Gasteiger partial charge is 0.303 e. The molecular formula is C17H23NO5. The molecule has 1 aromatic carbocycles. The van der Waals surface area contributed by atoms with Crippen LogP contribution in [-0.2, 0) is 9.59 Å². The molecule has 1 aliphatic rings. The topological polar surface area (TPSA) is 84.9 Å². The Bertz CT molecular complexity index is 597. The Kier molecular flexibility index (Phi) is 5.13. The van der Waals surface area contributed by atoms with Gasteiger partial charge in [0.2, 0.25) is 5.91 Å². The average molecular weight is 321 g/mol. The van der Waals surface area contributed by atoms with Gasteiger partial charge in [0.1, 0.15) is 13.2 Å². The maximum Gasteiger partial charge on any atom is 0.303 e. The standard InChI is InChI=1S/C17H23NO5/c1-11(18-15(19)9-17(2,3)10-16(20)21)12-4-5-13-14(8-12)23-7-6-22-13/h4-5,8,11H,6-7,9-10H2,1-3H3,(H,18,19)(H,20,21).